The zero-order chi connectivity index (χ0) is 38.0. The summed E-state index contributed by atoms with van der Waals surface area (Å²) in [6, 6.07) is 0. The Balaban J connectivity index is 4.32. The summed E-state index contributed by atoms with van der Waals surface area (Å²) >= 11 is 0. The van der Waals surface area contributed by atoms with Crippen LogP contribution in [0.3, 0.4) is 0 Å². The molecule has 0 aliphatic rings. The molecule has 4 nitrogen and oxygen atoms in total. The van der Waals surface area contributed by atoms with Gasteiger partial charge >= 0.3 is 0 Å². The highest BCUT2D eigenvalue weighted by Crippen LogP contribution is 2.17. The van der Waals surface area contributed by atoms with E-state index >= 15 is 0 Å². The first-order valence-electron chi connectivity index (χ1n) is 24.3. The van der Waals surface area contributed by atoms with E-state index in [-0.39, 0.29) is 18.3 Å². The van der Waals surface area contributed by atoms with Gasteiger partial charge in [0.15, 0.2) is 0 Å². The molecule has 0 saturated heterocycles. The van der Waals surface area contributed by atoms with Crippen molar-refractivity contribution in [2.45, 2.75) is 289 Å². The van der Waals surface area contributed by atoms with Crippen LogP contribution in [0.2, 0.25) is 0 Å². The third-order valence-electron chi connectivity index (χ3n) is 11.6. The molecule has 0 saturated carbocycles. The fourth-order valence-corrected chi connectivity index (χ4v) is 8.05. The molecule has 3 N–H and O–H groups in total. The molecule has 0 rings (SSSR count). The van der Waals surface area contributed by atoms with Crippen molar-refractivity contribution in [2.24, 2.45) is 0 Å². The smallest absolute Gasteiger partial charge is 0.0667 e. The highest BCUT2D eigenvalue weighted by atomic mass is 16.3. The molecular weight excluding hydrogens is 639 g/mol. The van der Waals surface area contributed by atoms with E-state index in [1.807, 2.05) is 0 Å². The van der Waals surface area contributed by atoms with E-state index < -0.39 is 0 Å². The Hall–Kier alpha value is -0.160. The number of unbranched alkanes of at least 4 members (excludes halogenated alkanes) is 33. The molecule has 0 bridgehead atoms. The maximum atomic E-state index is 11.0. The molecule has 3 unspecified atom stereocenters. The van der Waals surface area contributed by atoms with Crippen LogP contribution in [-0.2, 0) is 0 Å². The minimum Gasteiger partial charge on any atom is -0.392 e. The Morgan fingerprint density at radius 3 is 0.577 bits per heavy atom. The second kappa shape index (κ2) is 43.6. The first-order valence-corrected chi connectivity index (χ1v) is 24.3. The molecule has 0 heterocycles. The molecule has 0 aromatic rings. The van der Waals surface area contributed by atoms with Crippen molar-refractivity contribution in [3.63, 3.8) is 0 Å². The summed E-state index contributed by atoms with van der Waals surface area (Å²) in [5.74, 6) is 0. The lowest BCUT2D eigenvalue weighted by Gasteiger charge is -2.29. The van der Waals surface area contributed by atoms with Crippen LogP contribution in [0.15, 0.2) is 0 Å². The Morgan fingerprint density at radius 1 is 0.250 bits per heavy atom. The summed E-state index contributed by atoms with van der Waals surface area (Å²) in [4.78, 5) is 2.18. The average molecular weight is 738 g/mol. The number of hydrogen-bond donors (Lipinski definition) is 3. The molecule has 0 amide bonds. The van der Waals surface area contributed by atoms with E-state index in [4.69, 9.17) is 0 Å². The minimum atomic E-state index is -0.374. The van der Waals surface area contributed by atoms with E-state index in [2.05, 4.69) is 25.7 Å². The van der Waals surface area contributed by atoms with Gasteiger partial charge in [-0.3, -0.25) is 4.90 Å². The third kappa shape index (κ3) is 41.0. The molecule has 52 heavy (non-hydrogen) atoms. The number of aliphatic hydroxyl groups is 3. The van der Waals surface area contributed by atoms with Crippen LogP contribution in [0.1, 0.15) is 271 Å². The van der Waals surface area contributed by atoms with Crippen molar-refractivity contribution in [2.75, 3.05) is 19.6 Å². The molecule has 4 heteroatoms. The van der Waals surface area contributed by atoms with Crippen LogP contribution in [0.4, 0.5) is 0 Å². The predicted molar refractivity (Wildman–Crippen MR) is 232 cm³/mol. The summed E-state index contributed by atoms with van der Waals surface area (Å²) in [6.45, 7) is 8.57. The van der Waals surface area contributed by atoms with Gasteiger partial charge < -0.3 is 15.3 Å². The highest BCUT2D eigenvalue weighted by molar-refractivity contribution is 4.73. The molecule has 0 fully saturated rings. The largest absolute Gasteiger partial charge is 0.392 e. The zero-order valence-corrected chi connectivity index (χ0v) is 36.2. The molecule has 0 aliphatic carbocycles. The second-order valence-corrected chi connectivity index (χ2v) is 17.2. The lowest BCUT2D eigenvalue weighted by Crippen LogP contribution is -2.42. The van der Waals surface area contributed by atoms with Crippen molar-refractivity contribution in [1.82, 2.24) is 4.90 Å². The number of rotatable bonds is 45. The highest BCUT2D eigenvalue weighted by Gasteiger charge is 2.19. The quantitative estimate of drug-likeness (QED) is 0.0545. The number of aliphatic hydroxyl groups excluding tert-OH is 3. The zero-order valence-electron chi connectivity index (χ0n) is 36.2. The van der Waals surface area contributed by atoms with Gasteiger partial charge in [0.1, 0.15) is 0 Å². The van der Waals surface area contributed by atoms with Gasteiger partial charge in [-0.15, -0.1) is 0 Å². The molecule has 0 aromatic carbocycles. The standard InChI is InChI=1S/C48H99NO3/c1-4-7-10-13-16-19-22-25-28-31-34-37-40-46(50)43-49(44-47(51)41-38-35-32-29-26-23-20-17-14-11-8-5-2)45-48(52)42-39-36-33-30-27-24-21-18-15-12-9-6-3/h46-48,50-52H,4-45H2,1-3H3. The van der Waals surface area contributed by atoms with Gasteiger partial charge in [-0.2, -0.15) is 0 Å². The number of nitrogens with zero attached hydrogens (tertiary/aromatic N) is 1. The van der Waals surface area contributed by atoms with Crippen molar-refractivity contribution in [3.05, 3.63) is 0 Å². The van der Waals surface area contributed by atoms with E-state index in [1.165, 1.54) is 212 Å². The Kier molecular flexibility index (Phi) is 43.4. The van der Waals surface area contributed by atoms with E-state index in [1.54, 1.807) is 0 Å². The molecule has 0 spiro atoms. The number of hydrogen-bond acceptors (Lipinski definition) is 4. The van der Waals surface area contributed by atoms with Gasteiger partial charge in [-0.05, 0) is 19.3 Å². The minimum absolute atomic E-state index is 0.374. The average Bonchev–Trinajstić information content (AvgIpc) is 3.13. The summed E-state index contributed by atoms with van der Waals surface area (Å²) < 4.78 is 0. The Labute approximate surface area is 328 Å². The predicted octanol–water partition coefficient (Wildman–Crippen LogP) is 14.6. The molecule has 314 valence electrons. The van der Waals surface area contributed by atoms with Crippen LogP contribution in [0.5, 0.6) is 0 Å². The molecule has 0 aliphatic heterocycles. The summed E-state index contributed by atoms with van der Waals surface area (Å²) in [6.07, 6.45) is 49.3. The fourth-order valence-electron chi connectivity index (χ4n) is 8.05. The SMILES string of the molecule is CCCCCCCCCCCCCCC(O)CN(CC(O)CCCCCCCCCCCCCC)CC(O)CCCCCCCCCCCCCC. The van der Waals surface area contributed by atoms with Gasteiger partial charge in [-0.25, -0.2) is 0 Å². The van der Waals surface area contributed by atoms with E-state index in [0.29, 0.717) is 19.6 Å². The first kappa shape index (κ1) is 51.8. The van der Waals surface area contributed by atoms with Crippen LogP contribution >= 0.6 is 0 Å². The van der Waals surface area contributed by atoms with Crippen LogP contribution in [0.25, 0.3) is 0 Å². The molecule has 3 atom stereocenters. The van der Waals surface area contributed by atoms with Gasteiger partial charge in [-0.1, -0.05) is 252 Å². The lowest BCUT2D eigenvalue weighted by atomic mass is 10.0. The summed E-state index contributed by atoms with van der Waals surface area (Å²) in [7, 11) is 0. The van der Waals surface area contributed by atoms with Gasteiger partial charge in [0.05, 0.1) is 18.3 Å². The summed E-state index contributed by atoms with van der Waals surface area (Å²) in [5, 5.41) is 32.9. The maximum absolute atomic E-state index is 11.0. The van der Waals surface area contributed by atoms with Crippen molar-refractivity contribution >= 4 is 0 Å². The lowest BCUT2D eigenvalue weighted by molar-refractivity contribution is 0.0300. The van der Waals surface area contributed by atoms with Crippen molar-refractivity contribution in [1.29, 1.82) is 0 Å². The molecule has 0 aromatic heterocycles. The monoisotopic (exact) mass is 738 g/mol. The molecule has 0 radical (unpaired) electrons. The van der Waals surface area contributed by atoms with Crippen LogP contribution in [-0.4, -0.2) is 58.2 Å². The van der Waals surface area contributed by atoms with Gasteiger partial charge in [0.2, 0.25) is 0 Å². The third-order valence-corrected chi connectivity index (χ3v) is 11.6. The molecular formula is C48H99NO3. The van der Waals surface area contributed by atoms with E-state index in [9.17, 15) is 15.3 Å². The van der Waals surface area contributed by atoms with E-state index in [0.717, 1.165) is 38.5 Å². The van der Waals surface area contributed by atoms with Gasteiger partial charge in [0, 0.05) is 19.6 Å². The first-order chi connectivity index (χ1) is 25.5. The van der Waals surface area contributed by atoms with Crippen LogP contribution < -0.4 is 0 Å². The fraction of sp³-hybridized carbons (Fsp3) is 1.00. The Morgan fingerprint density at radius 2 is 0.404 bits per heavy atom. The normalized spacial score (nSPS) is 13.7. The van der Waals surface area contributed by atoms with Gasteiger partial charge in [0.25, 0.3) is 0 Å². The topological polar surface area (TPSA) is 63.9 Å². The maximum Gasteiger partial charge on any atom is 0.0667 e. The second-order valence-electron chi connectivity index (χ2n) is 17.2. The van der Waals surface area contributed by atoms with Crippen molar-refractivity contribution in [3.8, 4) is 0 Å². The van der Waals surface area contributed by atoms with Crippen LogP contribution in [0, 0.1) is 0 Å². The van der Waals surface area contributed by atoms with Crippen molar-refractivity contribution < 1.29 is 15.3 Å². The Bertz CT molecular complexity index is 560. The summed E-state index contributed by atoms with van der Waals surface area (Å²) in [5.41, 5.74) is 0.